The third-order valence-electron chi connectivity index (χ3n) is 3.90. The molecule has 2 aromatic rings. The van der Waals surface area contributed by atoms with Crippen LogP contribution in [0.4, 0.5) is 0 Å². The minimum atomic E-state index is 0.490. The molecule has 0 aliphatic heterocycles. The molecule has 0 radical (unpaired) electrons. The molecule has 0 aliphatic rings. The molecule has 0 unspecified atom stereocenters. The van der Waals surface area contributed by atoms with Crippen LogP contribution in [0.1, 0.15) is 23.6 Å². The Kier molecular flexibility index (Phi) is 8.19. The molecule has 138 valence electrons. The van der Waals surface area contributed by atoms with Crippen molar-refractivity contribution >= 4 is 5.96 Å². The van der Waals surface area contributed by atoms with Gasteiger partial charge >= 0.3 is 0 Å². The standard InChI is InChI=1S/C21H28N4O/c1-4-14-26-20-9-7-6-8-19(20)16-25-21(23-5-2)24-13-11-18-10-12-22-15-17(18)3/h4,6-10,12,15H,1,5,11,13-14,16H2,2-3H3,(H2,23,24,25). The molecular formula is C21H28N4O. The van der Waals surface area contributed by atoms with Gasteiger partial charge in [-0.25, -0.2) is 4.99 Å². The van der Waals surface area contributed by atoms with E-state index in [2.05, 4.69) is 47.1 Å². The van der Waals surface area contributed by atoms with E-state index in [1.165, 1.54) is 11.1 Å². The van der Waals surface area contributed by atoms with Gasteiger partial charge in [0.1, 0.15) is 12.4 Å². The van der Waals surface area contributed by atoms with Gasteiger partial charge in [0.2, 0.25) is 0 Å². The van der Waals surface area contributed by atoms with E-state index in [0.717, 1.165) is 36.8 Å². The summed E-state index contributed by atoms with van der Waals surface area (Å²) in [6.07, 6.45) is 6.40. The molecule has 0 spiro atoms. The molecule has 5 heteroatoms. The normalized spacial score (nSPS) is 11.1. The van der Waals surface area contributed by atoms with Crippen molar-refractivity contribution in [2.45, 2.75) is 26.8 Å². The number of aliphatic imine (C=N–C) groups is 1. The van der Waals surface area contributed by atoms with Crippen LogP contribution in [-0.2, 0) is 13.0 Å². The molecular weight excluding hydrogens is 324 g/mol. The Labute approximate surface area is 156 Å². The summed E-state index contributed by atoms with van der Waals surface area (Å²) in [4.78, 5) is 8.82. The predicted molar refractivity (Wildman–Crippen MR) is 108 cm³/mol. The summed E-state index contributed by atoms with van der Waals surface area (Å²) in [5, 5.41) is 6.68. The number of rotatable bonds is 9. The Bertz CT molecular complexity index is 727. The summed E-state index contributed by atoms with van der Waals surface area (Å²) < 4.78 is 5.70. The lowest BCUT2D eigenvalue weighted by Crippen LogP contribution is -2.38. The third-order valence-corrected chi connectivity index (χ3v) is 3.90. The van der Waals surface area contributed by atoms with Crippen LogP contribution in [0.2, 0.25) is 0 Å². The Hall–Kier alpha value is -2.82. The Balaban J connectivity index is 1.96. The summed E-state index contributed by atoms with van der Waals surface area (Å²) in [6.45, 7) is 10.5. The van der Waals surface area contributed by atoms with E-state index >= 15 is 0 Å². The van der Waals surface area contributed by atoms with E-state index < -0.39 is 0 Å². The Morgan fingerprint density at radius 1 is 1.23 bits per heavy atom. The number of hydrogen-bond donors (Lipinski definition) is 2. The number of para-hydroxylation sites is 1. The molecule has 2 N–H and O–H groups in total. The Morgan fingerprint density at radius 3 is 2.85 bits per heavy atom. The summed E-state index contributed by atoms with van der Waals surface area (Å²) >= 11 is 0. The predicted octanol–water partition coefficient (Wildman–Crippen LogP) is 3.25. The second-order valence-corrected chi connectivity index (χ2v) is 5.88. The van der Waals surface area contributed by atoms with E-state index in [1.807, 2.05) is 36.7 Å². The molecule has 5 nitrogen and oxygen atoms in total. The van der Waals surface area contributed by atoms with Crippen molar-refractivity contribution < 1.29 is 4.74 Å². The van der Waals surface area contributed by atoms with E-state index in [-0.39, 0.29) is 0 Å². The highest BCUT2D eigenvalue weighted by atomic mass is 16.5. The third kappa shape index (κ3) is 6.24. The maximum Gasteiger partial charge on any atom is 0.191 e. The summed E-state index contributed by atoms with van der Waals surface area (Å²) in [5.41, 5.74) is 3.56. The fourth-order valence-electron chi connectivity index (χ4n) is 2.53. The SMILES string of the molecule is C=CCOc1ccccc1CN=C(NCC)NCCc1ccncc1C. The zero-order valence-electron chi connectivity index (χ0n) is 15.7. The van der Waals surface area contributed by atoms with Gasteiger partial charge in [-0.2, -0.15) is 0 Å². The monoisotopic (exact) mass is 352 g/mol. The number of aromatic nitrogens is 1. The van der Waals surface area contributed by atoms with Crippen LogP contribution in [-0.4, -0.2) is 30.6 Å². The lowest BCUT2D eigenvalue weighted by molar-refractivity contribution is 0.359. The fourth-order valence-corrected chi connectivity index (χ4v) is 2.53. The lowest BCUT2D eigenvalue weighted by Gasteiger charge is -2.13. The highest BCUT2D eigenvalue weighted by Gasteiger charge is 2.04. The Morgan fingerprint density at radius 2 is 2.08 bits per heavy atom. The van der Waals surface area contributed by atoms with Crippen molar-refractivity contribution in [1.29, 1.82) is 0 Å². The average molecular weight is 352 g/mol. The highest BCUT2D eigenvalue weighted by molar-refractivity contribution is 5.79. The minimum absolute atomic E-state index is 0.490. The molecule has 0 aliphatic carbocycles. The maximum absolute atomic E-state index is 5.70. The number of pyridine rings is 1. The number of ether oxygens (including phenoxy) is 1. The van der Waals surface area contributed by atoms with E-state index in [4.69, 9.17) is 4.74 Å². The number of guanidine groups is 1. The van der Waals surface area contributed by atoms with Gasteiger partial charge in [-0.15, -0.1) is 0 Å². The summed E-state index contributed by atoms with van der Waals surface area (Å²) in [7, 11) is 0. The molecule has 0 saturated carbocycles. The van der Waals surface area contributed by atoms with Crippen LogP contribution < -0.4 is 15.4 Å². The molecule has 0 atom stereocenters. The van der Waals surface area contributed by atoms with Gasteiger partial charge in [-0.3, -0.25) is 4.98 Å². The van der Waals surface area contributed by atoms with Crippen LogP contribution in [0.3, 0.4) is 0 Å². The van der Waals surface area contributed by atoms with Crippen molar-refractivity contribution in [1.82, 2.24) is 15.6 Å². The van der Waals surface area contributed by atoms with Crippen molar-refractivity contribution in [3.05, 3.63) is 72.1 Å². The van der Waals surface area contributed by atoms with Crippen molar-refractivity contribution in [2.24, 2.45) is 4.99 Å². The quantitative estimate of drug-likeness (QED) is 0.413. The molecule has 1 aromatic carbocycles. The molecule has 1 heterocycles. The first-order valence-corrected chi connectivity index (χ1v) is 8.97. The largest absolute Gasteiger partial charge is 0.489 e. The minimum Gasteiger partial charge on any atom is -0.489 e. The second kappa shape index (κ2) is 10.9. The number of benzene rings is 1. The van der Waals surface area contributed by atoms with Crippen molar-refractivity contribution in [3.63, 3.8) is 0 Å². The molecule has 0 saturated heterocycles. The summed E-state index contributed by atoms with van der Waals surface area (Å²) in [5.74, 6) is 1.65. The second-order valence-electron chi connectivity index (χ2n) is 5.88. The molecule has 26 heavy (non-hydrogen) atoms. The number of nitrogens with one attached hydrogen (secondary N) is 2. The zero-order chi connectivity index (χ0) is 18.6. The van der Waals surface area contributed by atoms with Crippen LogP contribution in [0.25, 0.3) is 0 Å². The van der Waals surface area contributed by atoms with Crippen LogP contribution in [0.5, 0.6) is 5.75 Å². The molecule has 0 fully saturated rings. The average Bonchev–Trinajstić information content (AvgIpc) is 2.66. The van der Waals surface area contributed by atoms with Gasteiger partial charge in [0.05, 0.1) is 6.54 Å². The number of nitrogens with zero attached hydrogens (tertiary/aromatic N) is 2. The van der Waals surface area contributed by atoms with Gasteiger partial charge in [0, 0.05) is 31.0 Å². The molecule has 1 aromatic heterocycles. The van der Waals surface area contributed by atoms with Gasteiger partial charge in [-0.1, -0.05) is 30.9 Å². The van der Waals surface area contributed by atoms with Gasteiger partial charge < -0.3 is 15.4 Å². The van der Waals surface area contributed by atoms with E-state index in [0.29, 0.717) is 13.2 Å². The van der Waals surface area contributed by atoms with Crippen molar-refractivity contribution in [2.75, 3.05) is 19.7 Å². The van der Waals surface area contributed by atoms with Crippen LogP contribution in [0, 0.1) is 6.92 Å². The highest BCUT2D eigenvalue weighted by Crippen LogP contribution is 2.18. The van der Waals surface area contributed by atoms with E-state index in [1.54, 1.807) is 6.08 Å². The van der Waals surface area contributed by atoms with Crippen LogP contribution >= 0.6 is 0 Å². The first-order valence-electron chi connectivity index (χ1n) is 8.97. The number of hydrogen-bond acceptors (Lipinski definition) is 3. The maximum atomic E-state index is 5.70. The van der Waals surface area contributed by atoms with Gasteiger partial charge in [0.25, 0.3) is 0 Å². The fraction of sp³-hybridized carbons (Fsp3) is 0.333. The van der Waals surface area contributed by atoms with Crippen molar-refractivity contribution in [3.8, 4) is 5.75 Å². The lowest BCUT2D eigenvalue weighted by atomic mass is 10.1. The topological polar surface area (TPSA) is 58.5 Å². The smallest absolute Gasteiger partial charge is 0.191 e. The number of aryl methyl sites for hydroxylation is 1. The zero-order valence-corrected chi connectivity index (χ0v) is 15.7. The van der Waals surface area contributed by atoms with Crippen LogP contribution in [0.15, 0.2) is 60.4 Å². The molecule has 0 bridgehead atoms. The molecule has 2 rings (SSSR count). The first kappa shape index (κ1) is 19.5. The van der Waals surface area contributed by atoms with E-state index in [9.17, 15) is 0 Å². The molecule has 0 amide bonds. The summed E-state index contributed by atoms with van der Waals surface area (Å²) in [6, 6.07) is 10.0. The first-order chi connectivity index (χ1) is 12.7. The van der Waals surface area contributed by atoms with Gasteiger partial charge in [-0.05, 0) is 43.5 Å². The van der Waals surface area contributed by atoms with Gasteiger partial charge in [0.15, 0.2) is 5.96 Å².